The Balaban J connectivity index is 1.59. The van der Waals surface area contributed by atoms with Crippen molar-refractivity contribution in [2.45, 2.75) is 12.3 Å². The van der Waals surface area contributed by atoms with Gasteiger partial charge in [0.1, 0.15) is 11.5 Å². The summed E-state index contributed by atoms with van der Waals surface area (Å²) in [6, 6.07) is 9.77. The molecule has 1 aliphatic rings. The summed E-state index contributed by atoms with van der Waals surface area (Å²) in [5.74, 6) is 0.596. The van der Waals surface area contributed by atoms with Crippen LogP contribution in [-0.4, -0.2) is 36.8 Å². The molecule has 1 fully saturated rings. The highest BCUT2D eigenvalue weighted by Gasteiger charge is 2.36. The van der Waals surface area contributed by atoms with Crippen LogP contribution in [0.1, 0.15) is 18.2 Å². The molecule has 7 nitrogen and oxygen atoms in total. The average Bonchev–Trinajstić information content (AvgIpc) is 3.36. The maximum Gasteiger partial charge on any atom is 0.261 e. The SMILES string of the molecule is COc1ccc(-c2nc(C3CC(=O)N(c4cccc(Cl)c4F)C3)no2)c(OC)c1. The lowest BCUT2D eigenvalue weighted by atomic mass is 10.1. The molecule has 1 aliphatic heterocycles. The third-order valence-electron chi connectivity index (χ3n) is 4.79. The number of aromatic nitrogens is 2. The van der Waals surface area contributed by atoms with E-state index in [9.17, 15) is 9.18 Å². The Bertz CT molecular complexity index is 1070. The van der Waals surface area contributed by atoms with Crippen LogP contribution in [-0.2, 0) is 4.79 Å². The predicted molar refractivity (Wildman–Crippen MR) is 104 cm³/mol. The van der Waals surface area contributed by atoms with Crippen molar-refractivity contribution < 1.29 is 23.2 Å². The summed E-state index contributed by atoms with van der Waals surface area (Å²) in [4.78, 5) is 18.3. The van der Waals surface area contributed by atoms with Crippen molar-refractivity contribution in [2.24, 2.45) is 0 Å². The highest BCUT2D eigenvalue weighted by molar-refractivity contribution is 6.31. The summed E-state index contributed by atoms with van der Waals surface area (Å²) in [7, 11) is 3.09. The second kappa shape index (κ2) is 7.71. The molecule has 150 valence electrons. The van der Waals surface area contributed by atoms with Crippen molar-refractivity contribution in [3.63, 3.8) is 0 Å². The fourth-order valence-corrected chi connectivity index (χ4v) is 3.47. The monoisotopic (exact) mass is 417 g/mol. The van der Waals surface area contributed by atoms with Gasteiger partial charge in [-0.2, -0.15) is 4.98 Å². The number of halogens is 2. The van der Waals surface area contributed by atoms with E-state index < -0.39 is 5.82 Å². The standard InChI is InChI=1S/C20H17ClFN3O4/c1-27-12-6-7-13(16(9-12)28-2)20-23-19(24-29-20)11-8-17(26)25(10-11)15-5-3-4-14(21)18(15)22/h3-7,9,11H,8,10H2,1-2H3. The van der Waals surface area contributed by atoms with Gasteiger partial charge in [0, 0.05) is 24.9 Å². The summed E-state index contributed by atoms with van der Waals surface area (Å²) in [5.41, 5.74) is 0.750. The Morgan fingerprint density at radius 2 is 2.07 bits per heavy atom. The zero-order valence-corrected chi connectivity index (χ0v) is 16.4. The van der Waals surface area contributed by atoms with Crippen LogP contribution in [0.25, 0.3) is 11.5 Å². The van der Waals surface area contributed by atoms with Gasteiger partial charge >= 0.3 is 0 Å². The van der Waals surface area contributed by atoms with Gasteiger partial charge in [-0.15, -0.1) is 0 Å². The number of benzene rings is 2. The first-order valence-corrected chi connectivity index (χ1v) is 9.20. The lowest BCUT2D eigenvalue weighted by Crippen LogP contribution is -2.25. The molecule has 0 bridgehead atoms. The third-order valence-corrected chi connectivity index (χ3v) is 5.08. The second-order valence-corrected chi connectivity index (χ2v) is 6.91. The summed E-state index contributed by atoms with van der Waals surface area (Å²) >= 11 is 5.84. The molecule has 3 aromatic rings. The lowest BCUT2D eigenvalue weighted by molar-refractivity contribution is -0.117. The Labute approximate surface area is 171 Å². The molecule has 2 aromatic carbocycles. The molecule has 1 amide bonds. The molecule has 1 atom stereocenters. The minimum Gasteiger partial charge on any atom is -0.497 e. The van der Waals surface area contributed by atoms with Crippen LogP contribution < -0.4 is 14.4 Å². The fraction of sp³-hybridized carbons (Fsp3) is 0.250. The van der Waals surface area contributed by atoms with Gasteiger partial charge < -0.3 is 18.9 Å². The molecule has 4 rings (SSSR count). The first kappa shape index (κ1) is 19.2. The van der Waals surface area contributed by atoms with Gasteiger partial charge in [0.15, 0.2) is 11.6 Å². The van der Waals surface area contributed by atoms with Crippen molar-refractivity contribution in [1.29, 1.82) is 0 Å². The van der Waals surface area contributed by atoms with E-state index in [2.05, 4.69) is 10.1 Å². The highest BCUT2D eigenvalue weighted by Crippen LogP contribution is 2.36. The van der Waals surface area contributed by atoms with Crippen molar-refractivity contribution >= 4 is 23.2 Å². The average molecular weight is 418 g/mol. The van der Waals surface area contributed by atoms with E-state index in [4.69, 9.17) is 25.6 Å². The summed E-state index contributed by atoms with van der Waals surface area (Å²) in [6.45, 7) is 0.231. The number of hydrogen-bond donors (Lipinski definition) is 0. The number of carbonyl (C=O) groups excluding carboxylic acids is 1. The topological polar surface area (TPSA) is 77.7 Å². The number of methoxy groups -OCH3 is 2. The minimum atomic E-state index is -0.625. The van der Waals surface area contributed by atoms with E-state index in [-0.39, 0.29) is 41.4 Å². The molecule has 0 spiro atoms. The Kier molecular flexibility index (Phi) is 5.10. The quantitative estimate of drug-likeness (QED) is 0.622. The Morgan fingerprint density at radius 1 is 1.24 bits per heavy atom. The van der Waals surface area contributed by atoms with Crippen LogP contribution >= 0.6 is 11.6 Å². The minimum absolute atomic E-state index is 0.0350. The van der Waals surface area contributed by atoms with Crippen molar-refractivity contribution in [3.05, 3.63) is 53.1 Å². The molecule has 9 heteroatoms. The lowest BCUT2D eigenvalue weighted by Gasteiger charge is -2.17. The second-order valence-electron chi connectivity index (χ2n) is 6.50. The summed E-state index contributed by atoms with van der Waals surface area (Å²) in [5, 5.41) is 3.99. The molecule has 0 aliphatic carbocycles. The molecular formula is C20H17ClFN3O4. The molecule has 0 N–H and O–H groups in total. The molecule has 1 saturated heterocycles. The van der Waals surface area contributed by atoms with Gasteiger partial charge in [-0.25, -0.2) is 4.39 Å². The van der Waals surface area contributed by atoms with Crippen LogP contribution in [0.4, 0.5) is 10.1 Å². The first-order valence-electron chi connectivity index (χ1n) is 8.82. The number of hydrogen-bond acceptors (Lipinski definition) is 6. The van der Waals surface area contributed by atoms with Crippen LogP contribution in [0.2, 0.25) is 5.02 Å². The number of rotatable bonds is 5. The first-order chi connectivity index (χ1) is 14.0. The van der Waals surface area contributed by atoms with E-state index in [0.29, 0.717) is 22.9 Å². The predicted octanol–water partition coefficient (Wildman–Crippen LogP) is 4.07. The number of ether oxygens (including phenoxy) is 2. The van der Waals surface area contributed by atoms with Gasteiger partial charge in [0.05, 0.1) is 30.5 Å². The number of nitrogens with zero attached hydrogens (tertiary/aromatic N) is 3. The largest absolute Gasteiger partial charge is 0.497 e. The molecule has 1 aromatic heterocycles. The molecule has 29 heavy (non-hydrogen) atoms. The molecular weight excluding hydrogens is 401 g/mol. The zero-order valence-electron chi connectivity index (χ0n) is 15.7. The van der Waals surface area contributed by atoms with Crippen molar-refractivity contribution in [3.8, 4) is 23.0 Å². The van der Waals surface area contributed by atoms with Crippen molar-refractivity contribution in [2.75, 3.05) is 25.7 Å². The van der Waals surface area contributed by atoms with Gasteiger partial charge in [-0.05, 0) is 24.3 Å². The van der Waals surface area contributed by atoms with E-state index in [0.717, 1.165) is 0 Å². The summed E-state index contributed by atoms with van der Waals surface area (Å²) in [6.07, 6.45) is 0.144. The van der Waals surface area contributed by atoms with Crippen LogP contribution in [0.15, 0.2) is 40.9 Å². The molecule has 0 saturated carbocycles. The number of amides is 1. The van der Waals surface area contributed by atoms with E-state index in [1.807, 2.05) is 0 Å². The number of anilines is 1. The molecule has 1 unspecified atom stereocenters. The Morgan fingerprint density at radius 3 is 2.83 bits per heavy atom. The highest BCUT2D eigenvalue weighted by atomic mass is 35.5. The van der Waals surface area contributed by atoms with Gasteiger partial charge in [-0.3, -0.25) is 4.79 Å². The number of carbonyl (C=O) groups is 1. The van der Waals surface area contributed by atoms with Gasteiger partial charge in [0.2, 0.25) is 5.91 Å². The van der Waals surface area contributed by atoms with Crippen molar-refractivity contribution in [1.82, 2.24) is 10.1 Å². The van der Waals surface area contributed by atoms with Crippen LogP contribution in [0.5, 0.6) is 11.5 Å². The van der Waals surface area contributed by atoms with Gasteiger partial charge in [0.25, 0.3) is 5.89 Å². The zero-order chi connectivity index (χ0) is 20.5. The maximum absolute atomic E-state index is 14.3. The normalized spacial score (nSPS) is 16.3. The smallest absolute Gasteiger partial charge is 0.261 e. The molecule has 0 radical (unpaired) electrons. The molecule has 2 heterocycles. The van der Waals surface area contributed by atoms with Crippen LogP contribution in [0, 0.1) is 5.82 Å². The van der Waals surface area contributed by atoms with E-state index in [1.54, 1.807) is 31.4 Å². The maximum atomic E-state index is 14.3. The van der Waals surface area contributed by atoms with E-state index >= 15 is 0 Å². The van der Waals surface area contributed by atoms with E-state index in [1.165, 1.54) is 24.1 Å². The summed E-state index contributed by atoms with van der Waals surface area (Å²) < 4.78 is 30.3. The Hall–Kier alpha value is -3.13. The fourth-order valence-electron chi connectivity index (χ4n) is 3.30. The van der Waals surface area contributed by atoms with Crippen LogP contribution in [0.3, 0.4) is 0 Å². The third kappa shape index (κ3) is 3.51. The van der Waals surface area contributed by atoms with Gasteiger partial charge in [-0.1, -0.05) is 22.8 Å².